The van der Waals surface area contributed by atoms with E-state index in [1.54, 1.807) is 11.8 Å². The number of aryl methyl sites for hydroxylation is 1. The van der Waals surface area contributed by atoms with E-state index in [1.165, 1.54) is 37.8 Å². The summed E-state index contributed by atoms with van der Waals surface area (Å²) in [6, 6.07) is 2.61. The molecule has 1 aliphatic carbocycles. The lowest BCUT2D eigenvalue weighted by Crippen LogP contribution is -2.26. The third-order valence-corrected chi connectivity index (χ3v) is 5.72. The van der Waals surface area contributed by atoms with Crippen LogP contribution in [0.3, 0.4) is 0 Å². The van der Waals surface area contributed by atoms with Gasteiger partial charge in [-0.05, 0) is 44.9 Å². The van der Waals surface area contributed by atoms with Crippen LogP contribution < -0.4 is 5.32 Å². The molecular weight excluding hydrogens is 308 g/mol. The predicted molar refractivity (Wildman–Crippen MR) is 97.4 cm³/mol. The first-order valence-electron chi connectivity index (χ1n) is 8.80. The second-order valence-corrected chi connectivity index (χ2v) is 7.62. The minimum Gasteiger partial charge on any atom is -0.396 e. The Balaban J connectivity index is 1.90. The molecule has 0 saturated heterocycles. The monoisotopic (exact) mass is 338 g/mol. The normalized spacial score (nSPS) is 15.8. The smallest absolute Gasteiger partial charge is 0.253 e. The number of aliphatic hydroxyl groups excluding tert-OH is 1. The molecule has 2 rings (SSSR count). The van der Waals surface area contributed by atoms with E-state index >= 15 is 0 Å². The zero-order valence-corrected chi connectivity index (χ0v) is 15.3. The van der Waals surface area contributed by atoms with Gasteiger partial charge in [-0.25, -0.2) is 0 Å². The molecule has 1 heterocycles. The Morgan fingerprint density at radius 1 is 1.30 bits per heavy atom. The molecule has 0 radical (unpaired) electrons. The van der Waals surface area contributed by atoms with Crippen LogP contribution in [0.5, 0.6) is 0 Å². The van der Waals surface area contributed by atoms with E-state index in [2.05, 4.69) is 23.7 Å². The Kier molecular flexibility index (Phi) is 7.50. The van der Waals surface area contributed by atoms with Crippen molar-refractivity contribution in [3.8, 4) is 0 Å². The maximum absolute atomic E-state index is 12.4. The number of hydrogen-bond acceptors (Lipinski definition) is 3. The van der Waals surface area contributed by atoms with E-state index in [1.807, 2.05) is 6.07 Å². The van der Waals surface area contributed by atoms with E-state index in [0.717, 1.165) is 29.2 Å². The van der Waals surface area contributed by atoms with Gasteiger partial charge < -0.3 is 15.0 Å². The van der Waals surface area contributed by atoms with Gasteiger partial charge in [0.15, 0.2) is 0 Å². The summed E-state index contributed by atoms with van der Waals surface area (Å²) in [6.45, 7) is 5.12. The first kappa shape index (κ1) is 18.4. The van der Waals surface area contributed by atoms with Crippen LogP contribution in [0.1, 0.15) is 66.3 Å². The molecule has 1 aromatic heterocycles. The van der Waals surface area contributed by atoms with E-state index in [-0.39, 0.29) is 12.5 Å². The van der Waals surface area contributed by atoms with Gasteiger partial charge in [0.05, 0.1) is 5.56 Å². The number of aromatic nitrogens is 1. The summed E-state index contributed by atoms with van der Waals surface area (Å²) in [7, 11) is 0. The lowest BCUT2D eigenvalue weighted by atomic mass is 9.95. The number of nitrogens with zero attached hydrogens (tertiary/aromatic N) is 1. The zero-order valence-electron chi connectivity index (χ0n) is 14.4. The van der Waals surface area contributed by atoms with Gasteiger partial charge in [0, 0.05) is 36.3 Å². The zero-order chi connectivity index (χ0) is 16.7. The molecule has 1 aromatic rings. The van der Waals surface area contributed by atoms with Crippen molar-refractivity contribution in [3.63, 3.8) is 0 Å². The molecule has 1 fully saturated rings. The molecule has 130 valence electrons. The Morgan fingerprint density at radius 3 is 2.74 bits per heavy atom. The Labute approximate surface area is 144 Å². The summed E-state index contributed by atoms with van der Waals surface area (Å²) in [4.78, 5) is 12.4. The van der Waals surface area contributed by atoms with Crippen molar-refractivity contribution in [1.82, 2.24) is 9.88 Å². The number of aliphatic hydroxyl groups is 1. The maximum Gasteiger partial charge on any atom is 0.253 e. The number of hydrogen-bond donors (Lipinski definition) is 2. The van der Waals surface area contributed by atoms with Gasteiger partial charge in [-0.3, -0.25) is 4.79 Å². The van der Waals surface area contributed by atoms with Crippen molar-refractivity contribution < 1.29 is 9.90 Å². The highest BCUT2D eigenvalue weighted by Crippen LogP contribution is 2.32. The molecule has 5 heteroatoms. The lowest BCUT2D eigenvalue weighted by molar-refractivity contribution is 0.0955. The summed E-state index contributed by atoms with van der Waals surface area (Å²) >= 11 is 1.77. The molecule has 23 heavy (non-hydrogen) atoms. The lowest BCUT2D eigenvalue weighted by Gasteiger charge is -2.26. The number of thioether (sulfide) groups is 1. The standard InChI is InChI=1S/C18H30N2O2S/c1-14-13-17(18(22)19-9-12-23-11-6-10-21)15(2)20(14)16-7-4-3-5-8-16/h13,16,21H,3-12H2,1-2H3,(H,19,22). The first-order chi connectivity index (χ1) is 11.1. The second-order valence-electron chi connectivity index (χ2n) is 6.39. The Hall–Kier alpha value is -0.940. The van der Waals surface area contributed by atoms with Crippen molar-refractivity contribution >= 4 is 17.7 Å². The van der Waals surface area contributed by atoms with Crippen molar-refractivity contribution in [2.75, 3.05) is 24.7 Å². The Bertz CT molecular complexity index is 507. The van der Waals surface area contributed by atoms with Crippen molar-refractivity contribution in [2.45, 2.75) is 58.4 Å². The fourth-order valence-electron chi connectivity index (χ4n) is 3.51. The van der Waals surface area contributed by atoms with Crippen LogP contribution >= 0.6 is 11.8 Å². The highest BCUT2D eigenvalue weighted by Gasteiger charge is 2.22. The largest absolute Gasteiger partial charge is 0.396 e. The SMILES string of the molecule is Cc1cc(C(=O)NCCSCCCO)c(C)n1C1CCCCC1. The van der Waals surface area contributed by atoms with Gasteiger partial charge in [-0.1, -0.05) is 19.3 Å². The van der Waals surface area contributed by atoms with Crippen LogP contribution in [-0.4, -0.2) is 40.2 Å². The molecule has 1 aliphatic rings. The summed E-state index contributed by atoms with van der Waals surface area (Å²) in [6.07, 6.45) is 7.23. The predicted octanol–water partition coefficient (Wildman–Crippen LogP) is 3.46. The highest BCUT2D eigenvalue weighted by molar-refractivity contribution is 7.99. The van der Waals surface area contributed by atoms with Gasteiger partial charge in [0.2, 0.25) is 0 Å². The minimum atomic E-state index is 0.0444. The molecule has 0 aliphatic heterocycles. The number of carbonyl (C=O) groups excluding carboxylic acids is 1. The van der Waals surface area contributed by atoms with Crippen LogP contribution in [0.2, 0.25) is 0 Å². The van der Waals surface area contributed by atoms with Gasteiger partial charge in [-0.2, -0.15) is 11.8 Å². The summed E-state index contributed by atoms with van der Waals surface area (Å²) in [5.74, 6) is 1.89. The van der Waals surface area contributed by atoms with Crippen LogP contribution in [0.4, 0.5) is 0 Å². The maximum atomic E-state index is 12.4. The van der Waals surface area contributed by atoms with E-state index in [4.69, 9.17) is 5.11 Å². The quantitative estimate of drug-likeness (QED) is 0.714. The van der Waals surface area contributed by atoms with Crippen molar-refractivity contribution in [3.05, 3.63) is 23.0 Å². The van der Waals surface area contributed by atoms with Crippen LogP contribution in [-0.2, 0) is 0 Å². The summed E-state index contributed by atoms with van der Waals surface area (Å²) in [5, 5.41) is 11.8. The number of carbonyl (C=O) groups is 1. The fourth-order valence-corrected chi connectivity index (χ4v) is 4.29. The molecule has 0 atom stereocenters. The van der Waals surface area contributed by atoms with Gasteiger partial charge in [0.25, 0.3) is 5.91 Å². The van der Waals surface area contributed by atoms with Crippen molar-refractivity contribution in [1.29, 1.82) is 0 Å². The average Bonchev–Trinajstić information content (AvgIpc) is 2.86. The molecule has 0 unspecified atom stereocenters. The van der Waals surface area contributed by atoms with Crippen LogP contribution in [0.25, 0.3) is 0 Å². The molecule has 1 amide bonds. The third kappa shape index (κ3) is 5.01. The summed E-state index contributed by atoms with van der Waals surface area (Å²) in [5.41, 5.74) is 3.14. The van der Waals surface area contributed by atoms with Gasteiger partial charge in [0.1, 0.15) is 0 Å². The molecule has 0 spiro atoms. The summed E-state index contributed by atoms with van der Waals surface area (Å²) < 4.78 is 2.38. The molecule has 2 N–H and O–H groups in total. The van der Waals surface area contributed by atoms with Gasteiger partial charge in [-0.15, -0.1) is 0 Å². The fraction of sp³-hybridized carbons (Fsp3) is 0.722. The van der Waals surface area contributed by atoms with Crippen LogP contribution in [0.15, 0.2) is 6.07 Å². The van der Waals surface area contributed by atoms with Gasteiger partial charge >= 0.3 is 0 Å². The number of rotatable bonds is 8. The number of amides is 1. The second kappa shape index (κ2) is 9.38. The first-order valence-corrected chi connectivity index (χ1v) is 9.96. The average molecular weight is 339 g/mol. The molecule has 0 aromatic carbocycles. The molecule has 1 saturated carbocycles. The number of nitrogens with one attached hydrogen (secondary N) is 1. The van der Waals surface area contributed by atoms with E-state index in [9.17, 15) is 4.79 Å². The molecular formula is C18H30N2O2S. The minimum absolute atomic E-state index is 0.0444. The molecule has 0 bridgehead atoms. The Morgan fingerprint density at radius 2 is 2.04 bits per heavy atom. The third-order valence-electron chi connectivity index (χ3n) is 4.65. The van der Waals surface area contributed by atoms with Crippen molar-refractivity contribution in [2.24, 2.45) is 0 Å². The van der Waals surface area contributed by atoms with Crippen LogP contribution in [0, 0.1) is 13.8 Å². The van der Waals surface area contributed by atoms with E-state index in [0.29, 0.717) is 12.6 Å². The highest BCUT2D eigenvalue weighted by atomic mass is 32.2. The topological polar surface area (TPSA) is 54.3 Å². The molecule has 4 nitrogen and oxygen atoms in total. The van der Waals surface area contributed by atoms with E-state index < -0.39 is 0 Å².